The van der Waals surface area contributed by atoms with Gasteiger partial charge in [-0.2, -0.15) is 0 Å². The highest BCUT2D eigenvalue weighted by Gasteiger charge is 2.28. The van der Waals surface area contributed by atoms with Gasteiger partial charge in [0.05, 0.1) is 0 Å². The SMILES string of the molecule is NC1CC(c2nccs2)Oc2ccc(Cl)cc21. The number of nitrogens with zero attached hydrogens (tertiary/aromatic N) is 1. The summed E-state index contributed by atoms with van der Waals surface area (Å²) in [7, 11) is 0. The van der Waals surface area contributed by atoms with Crippen LogP contribution in [0, 0.1) is 0 Å². The Balaban J connectivity index is 1.96. The molecular formula is C12H11ClN2OS. The van der Waals surface area contributed by atoms with Gasteiger partial charge in [0.25, 0.3) is 0 Å². The van der Waals surface area contributed by atoms with Crippen LogP contribution in [0.1, 0.15) is 29.1 Å². The van der Waals surface area contributed by atoms with Crippen LogP contribution >= 0.6 is 22.9 Å². The number of nitrogens with two attached hydrogens (primary N) is 1. The molecule has 88 valence electrons. The van der Waals surface area contributed by atoms with Crippen molar-refractivity contribution in [1.82, 2.24) is 4.98 Å². The average molecular weight is 267 g/mol. The van der Waals surface area contributed by atoms with Crippen molar-refractivity contribution in [3.05, 3.63) is 45.4 Å². The fourth-order valence-electron chi connectivity index (χ4n) is 2.02. The third kappa shape index (κ3) is 2.04. The van der Waals surface area contributed by atoms with Gasteiger partial charge in [-0.15, -0.1) is 11.3 Å². The zero-order chi connectivity index (χ0) is 11.8. The van der Waals surface area contributed by atoms with Crippen molar-refractivity contribution in [1.29, 1.82) is 0 Å². The van der Waals surface area contributed by atoms with E-state index < -0.39 is 0 Å². The summed E-state index contributed by atoms with van der Waals surface area (Å²) in [5.41, 5.74) is 7.13. The predicted octanol–water partition coefficient (Wildman–Crippen LogP) is 3.32. The molecule has 2 unspecified atom stereocenters. The minimum Gasteiger partial charge on any atom is -0.483 e. The van der Waals surface area contributed by atoms with Crippen LogP contribution in [-0.2, 0) is 0 Å². The first kappa shape index (κ1) is 11.0. The van der Waals surface area contributed by atoms with Gasteiger partial charge in [-0.1, -0.05) is 11.6 Å². The highest BCUT2D eigenvalue weighted by molar-refractivity contribution is 7.09. The number of hydrogen-bond acceptors (Lipinski definition) is 4. The summed E-state index contributed by atoms with van der Waals surface area (Å²) in [5, 5.41) is 3.61. The van der Waals surface area contributed by atoms with Crippen molar-refractivity contribution in [3.8, 4) is 5.75 Å². The molecular weight excluding hydrogens is 256 g/mol. The van der Waals surface area contributed by atoms with Crippen LogP contribution < -0.4 is 10.5 Å². The maximum atomic E-state index is 6.15. The highest BCUT2D eigenvalue weighted by atomic mass is 35.5. The molecule has 0 amide bonds. The molecule has 0 spiro atoms. The number of thiazole rings is 1. The maximum absolute atomic E-state index is 6.15. The van der Waals surface area contributed by atoms with Gasteiger partial charge in [0.15, 0.2) is 6.10 Å². The molecule has 5 heteroatoms. The number of benzene rings is 1. The van der Waals surface area contributed by atoms with Crippen molar-refractivity contribution < 1.29 is 4.74 Å². The largest absolute Gasteiger partial charge is 0.483 e. The van der Waals surface area contributed by atoms with Gasteiger partial charge >= 0.3 is 0 Å². The van der Waals surface area contributed by atoms with E-state index in [-0.39, 0.29) is 12.1 Å². The molecule has 17 heavy (non-hydrogen) atoms. The lowest BCUT2D eigenvalue weighted by atomic mass is 9.97. The number of halogens is 1. The topological polar surface area (TPSA) is 48.1 Å². The maximum Gasteiger partial charge on any atom is 0.152 e. The Morgan fingerprint density at radius 3 is 3.12 bits per heavy atom. The van der Waals surface area contributed by atoms with Crippen molar-refractivity contribution >= 4 is 22.9 Å². The smallest absolute Gasteiger partial charge is 0.152 e. The predicted molar refractivity (Wildman–Crippen MR) is 68.5 cm³/mol. The molecule has 2 heterocycles. The van der Waals surface area contributed by atoms with E-state index in [0.717, 1.165) is 22.7 Å². The molecule has 1 aromatic carbocycles. The van der Waals surface area contributed by atoms with Gasteiger partial charge < -0.3 is 10.5 Å². The molecule has 0 saturated heterocycles. The van der Waals surface area contributed by atoms with Gasteiger partial charge in [0, 0.05) is 34.6 Å². The van der Waals surface area contributed by atoms with Gasteiger partial charge in [0.2, 0.25) is 0 Å². The van der Waals surface area contributed by atoms with Crippen LogP contribution in [0.2, 0.25) is 5.02 Å². The summed E-state index contributed by atoms with van der Waals surface area (Å²) in [5.74, 6) is 0.813. The summed E-state index contributed by atoms with van der Waals surface area (Å²) >= 11 is 7.55. The van der Waals surface area contributed by atoms with Crippen LogP contribution in [0.4, 0.5) is 0 Å². The average Bonchev–Trinajstić information content (AvgIpc) is 2.83. The molecule has 0 aliphatic carbocycles. The fourth-order valence-corrected chi connectivity index (χ4v) is 2.88. The first-order chi connectivity index (χ1) is 8.24. The molecule has 3 nitrogen and oxygen atoms in total. The highest BCUT2D eigenvalue weighted by Crippen LogP contribution is 2.40. The monoisotopic (exact) mass is 266 g/mol. The minimum atomic E-state index is -0.0497. The first-order valence-corrected chi connectivity index (χ1v) is 6.61. The normalized spacial score (nSPS) is 22.9. The first-order valence-electron chi connectivity index (χ1n) is 5.35. The number of hydrogen-bond donors (Lipinski definition) is 1. The zero-order valence-electron chi connectivity index (χ0n) is 8.97. The Bertz CT molecular complexity index is 529. The van der Waals surface area contributed by atoms with E-state index in [9.17, 15) is 0 Å². The second-order valence-corrected chi connectivity index (χ2v) is 5.36. The Labute approximate surface area is 108 Å². The van der Waals surface area contributed by atoms with Crippen molar-refractivity contribution in [2.45, 2.75) is 18.6 Å². The molecule has 0 fully saturated rings. The summed E-state index contributed by atoms with van der Waals surface area (Å²) < 4.78 is 5.91. The summed E-state index contributed by atoms with van der Waals surface area (Å²) in [4.78, 5) is 4.28. The van der Waals surface area contributed by atoms with Gasteiger partial charge in [-0.05, 0) is 18.2 Å². The Morgan fingerprint density at radius 2 is 2.35 bits per heavy atom. The molecule has 2 aromatic rings. The number of aromatic nitrogens is 1. The lowest BCUT2D eigenvalue weighted by Crippen LogP contribution is -2.24. The van der Waals surface area contributed by atoms with Crippen LogP contribution in [0.25, 0.3) is 0 Å². The standard InChI is InChI=1S/C12H11ClN2OS/c13-7-1-2-10-8(5-7)9(14)6-11(16-10)12-15-3-4-17-12/h1-5,9,11H,6,14H2. The van der Waals surface area contributed by atoms with Crippen molar-refractivity contribution in [2.75, 3.05) is 0 Å². The number of rotatable bonds is 1. The van der Waals surface area contributed by atoms with Gasteiger partial charge in [0.1, 0.15) is 10.8 Å². The third-order valence-corrected chi connectivity index (χ3v) is 3.94. The zero-order valence-corrected chi connectivity index (χ0v) is 10.5. The van der Waals surface area contributed by atoms with Crippen molar-refractivity contribution in [2.24, 2.45) is 5.73 Å². The van der Waals surface area contributed by atoms with Crippen molar-refractivity contribution in [3.63, 3.8) is 0 Å². The van der Waals surface area contributed by atoms with E-state index in [1.54, 1.807) is 17.5 Å². The van der Waals surface area contributed by atoms with Gasteiger partial charge in [-0.3, -0.25) is 0 Å². The second-order valence-electron chi connectivity index (χ2n) is 4.00. The van der Waals surface area contributed by atoms with E-state index in [1.807, 2.05) is 23.6 Å². The second kappa shape index (κ2) is 4.29. The Morgan fingerprint density at radius 1 is 1.47 bits per heavy atom. The van der Waals surface area contributed by atoms with Crippen LogP contribution in [0.3, 0.4) is 0 Å². The lowest BCUT2D eigenvalue weighted by Gasteiger charge is -2.29. The molecule has 2 N–H and O–H groups in total. The molecule has 0 saturated carbocycles. The number of ether oxygens (including phenoxy) is 1. The van der Waals surface area contributed by atoms with E-state index in [1.165, 1.54) is 0 Å². The molecule has 2 atom stereocenters. The van der Waals surface area contributed by atoms with E-state index in [0.29, 0.717) is 5.02 Å². The quantitative estimate of drug-likeness (QED) is 0.861. The van der Waals surface area contributed by atoms with Crippen LogP contribution in [0.5, 0.6) is 5.75 Å². The minimum absolute atomic E-state index is 0.0429. The number of fused-ring (bicyclic) bond motifs is 1. The third-order valence-electron chi connectivity index (χ3n) is 2.84. The van der Waals surface area contributed by atoms with E-state index >= 15 is 0 Å². The molecule has 1 aliphatic rings. The molecule has 1 aliphatic heterocycles. The fraction of sp³-hybridized carbons (Fsp3) is 0.250. The molecule has 1 aromatic heterocycles. The Hall–Kier alpha value is -1.10. The van der Waals surface area contributed by atoms with E-state index in [2.05, 4.69) is 4.98 Å². The lowest BCUT2D eigenvalue weighted by molar-refractivity contribution is 0.161. The summed E-state index contributed by atoms with van der Waals surface area (Å²) in [6.45, 7) is 0. The summed E-state index contributed by atoms with van der Waals surface area (Å²) in [6.07, 6.45) is 2.48. The molecule has 3 rings (SSSR count). The molecule has 0 bridgehead atoms. The Kier molecular flexibility index (Phi) is 2.78. The van der Waals surface area contributed by atoms with E-state index in [4.69, 9.17) is 22.1 Å². The van der Waals surface area contributed by atoms with Crippen LogP contribution in [-0.4, -0.2) is 4.98 Å². The molecule has 0 radical (unpaired) electrons. The van der Waals surface area contributed by atoms with Gasteiger partial charge in [-0.25, -0.2) is 4.98 Å². The van der Waals surface area contributed by atoms with Crippen LogP contribution in [0.15, 0.2) is 29.8 Å². The summed E-state index contributed by atoms with van der Waals surface area (Å²) in [6, 6.07) is 5.51.